The van der Waals surface area contributed by atoms with Crippen molar-refractivity contribution in [2.45, 2.75) is 12.8 Å². The molecule has 1 saturated heterocycles. The summed E-state index contributed by atoms with van der Waals surface area (Å²) in [7, 11) is 0. The molecule has 3 amide bonds. The predicted octanol–water partition coefficient (Wildman–Crippen LogP) is -0.800. The van der Waals surface area contributed by atoms with Gasteiger partial charge in [0.1, 0.15) is 6.54 Å². The van der Waals surface area contributed by atoms with Crippen LogP contribution in [0, 0.1) is 0 Å². The lowest BCUT2D eigenvalue weighted by molar-refractivity contribution is -0.138. The summed E-state index contributed by atoms with van der Waals surface area (Å²) in [6, 6.07) is -0.627. The summed E-state index contributed by atoms with van der Waals surface area (Å²) >= 11 is 0. The van der Waals surface area contributed by atoms with Crippen LogP contribution < -0.4 is 0 Å². The smallest absolute Gasteiger partial charge is 0.327 e. The molecule has 1 aliphatic rings. The quantitative estimate of drug-likeness (QED) is 0.591. The van der Waals surface area contributed by atoms with Crippen LogP contribution in [-0.4, -0.2) is 63.5 Å². The van der Waals surface area contributed by atoms with Crippen LogP contribution in [0.15, 0.2) is 0 Å². The number of rotatable bonds is 6. The molecule has 0 spiro atoms. The van der Waals surface area contributed by atoms with E-state index in [1.165, 1.54) is 0 Å². The number of hydrogen-bond acceptors (Lipinski definition) is 4. The molecule has 0 saturated carbocycles. The van der Waals surface area contributed by atoms with Gasteiger partial charge in [-0.15, -0.1) is 0 Å². The first-order valence-corrected chi connectivity index (χ1v) is 4.94. The van der Waals surface area contributed by atoms with Gasteiger partial charge in [-0.2, -0.15) is 0 Å². The third-order valence-electron chi connectivity index (χ3n) is 2.27. The van der Waals surface area contributed by atoms with E-state index in [0.29, 0.717) is 0 Å². The van der Waals surface area contributed by atoms with Crippen molar-refractivity contribution in [3.8, 4) is 0 Å². The van der Waals surface area contributed by atoms with E-state index < -0.39 is 23.9 Å². The van der Waals surface area contributed by atoms with Crippen LogP contribution >= 0.6 is 0 Å². The Morgan fingerprint density at radius 1 is 1.06 bits per heavy atom. The van der Waals surface area contributed by atoms with Crippen LogP contribution in [0.3, 0.4) is 0 Å². The zero-order chi connectivity index (χ0) is 13.0. The van der Waals surface area contributed by atoms with Crippen molar-refractivity contribution < 1.29 is 29.4 Å². The second-order valence-electron chi connectivity index (χ2n) is 3.54. The van der Waals surface area contributed by atoms with Crippen LogP contribution in [0.2, 0.25) is 0 Å². The van der Waals surface area contributed by atoms with Crippen molar-refractivity contribution in [2.75, 3.05) is 19.6 Å². The highest BCUT2D eigenvalue weighted by molar-refractivity contribution is 6.02. The molecular weight excluding hydrogens is 232 g/mol. The van der Waals surface area contributed by atoms with Crippen molar-refractivity contribution in [3.63, 3.8) is 0 Å². The first-order chi connectivity index (χ1) is 7.91. The van der Waals surface area contributed by atoms with E-state index in [2.05, 4.69) is 0 Å². The topological polar surface area (TPSA) is 115 Å². The van der Waals surface area contributed by atoms with Gasteiger partial charge in [-0.05, 0) is 0 Å². The van der Waals surface area contributed by atoms with Gasteiger partial charge in [0.25, 0.3) is 0 Å². The molecule has 0 unspecified atom stereocenters. The number of hydrogen-bond donors (Lipinski definition) is 2. The van der Waals surface area contributed by atoms with Gasteiger partial charge >= 0.3 is 18.0 Å². The van der Waals surface area contributed by atoms with Gasteiger partial charge < -0.3 is 15.1 Å². The van der Waals surface area contributed by atoms with Gasteiger partial charge in [-0.1, -0.05) is 0 Å². The molecule has 2 N–H and O–H groups in total. The molecule has 0 radical (unpaired) electrons. The lowest BCUT2D eigenvalue weighted by atomic mass is 10.4. The summed E-state index contributed by atoms with van der Waals surface area (Å²) in [4.78, 5) is 45.5. The minimum Gasteiger partial charge on any atom is -0.481 e. The third-order valence-corrected chi connectivity index (χ3v) is 2.27. The Hall–Kier alpha value is -2.12. The van der Waals surface area contributed by atoms with Crippen molar-refractivity contribution in [3.05, 3.63) is 0 Å². The number of carbonyl (C=O) groups excluding carboxylic acids is 2. The molecule has 0 aromatic rings. The van der Waals surface area contributed by atoms with Gasteiger partial charge in [0.2, 0.25) is 5.91 Å². The number of amides is 3. The molecule has 0 bridgehead atoms. The largest absolute Gasteiger partial charge is 0.481 e. The summed E-state index contributed by atoms with van der Waals surface area (Å²) in [5, 5.41) is 16.9. The molecule has 1 fully saturated rings. The fraction of sp³-hybridized carbons (Fsp3) is 0.556. The molecular formula is C9H12N2O6. The molecule has 1 heterocycles. The number of urea groups is 1. The number of nitrogens with zero attached hydrogens (tertiary/aromatic N) is 2. The van der Waals surface area contributed by atoms with Gasteiger partial charge in [0, 0.05) is 13.1 Å². The van der Waals surface area contributed by atoms with Crippen LogP contribution in [0.4, 0.5) is 4.79 Å². The fourth-order valence-corrected chi connectivity index (χ4v) is 1.43. The summed E-state index contributed by atoms with van der Waals surface area (Å²) < 4.78 is 0. The molecule has 1 aliphatic heterocycles. The van der Waals surface area contributed by atoms with Gasteiger partial charge in [0.05, 0.1) is 12.8 Å². The second-order valence-corrected chi connectivity index (χ2v) is 3.54. The predicted molar refractivity (Wildman–Crippen MR) is 53.2 cm³/mol. The van der Waals surface area contributed by atoms with E-state index in [9.17, 15) is 19.2 Å². The average molecular weight is 244 g/mol. The van der Waals surface area contributed by atoms with E-state index in [-0.39, 0.29) is 32.5 Å². The van der Waals surface area contributed by atoms with Crippen molar-refractivity contribution in [1.29, 1.82) is 0 Å². The number of carbonyl (C=O) groups is 4. The van der Waals surface area contributed by atoms with Crippen LogP contribution in [-0.2, 0) is 14.4 Å². The third kappa shape index (κ3) is 3.44. The maximum absolute atomic E-state index is 11.6. The summed E-state index contributed by atoms with van der Waals surface area (Å²) in [5.41, 5.74) is 0. The number of imide groups is 1. The normalized spacial score (nSPS) is 15.5. The highest BCUT2D eigenvalue weighted by Gasteiger charge is 2.35. The molecule has 94 valence electrons. The Morgan fingerprint density at radius 2 is 1.59 bits per heavy atom. The molecule has 8 nitrogen and oxygen atoms in total. The van der Waals surface area contributed by atoms with E-state index in [4.69, 9.17) is 10.2 Å². The number of carboxylic acid groups (broad SMARTS) is 2. The van der Waals surface area contributed by atoms with Crippen LogP contribution in [0.1, 0.15) is 12.8 Å². The lowest BCUT2D eigenvalue weighted by Gasteiger charge is -2.15. The Labute approximate surface area is 96.4 Å². The molecule has 8 heteroatoms. The summed E-state index contributed by atoms with van der Waals surface area (Å²) in [6.07, 6.45) is -0.559. The molecule has 1 rings (SSSR count). The highest BCUT2D eigenvalue weighted by atomic mass is 16.4. The summed E-state index contributed by atoms with van der Waals surface area (Å²) in [6.45, 7) is -0.425. The average Bonchev–Trinajstić information content (AvgIpc) is 2.48. The first-order valence-electron chi connectivity index (χ1n) is 4.94. The Morgan fingerprint density at radius 3 is 2.12 bits per heavy atom. The summed E-state index contributed by atoms with van der Waals surface area (Å²) in [5.74, 6) is -2.66. The molecule has 0 aromatic heterocycles. The van der Waals surface area contributed by atoms with Gasteiger partial charge in [-0.25, -0.2) is 4.79 Å². The first kappa shape index (κ1) is 12.9. The van der Waals surface area contributed by atoms with E-state index in [1.807, 2.05) is 0 Å². The van der Waals surface area contributed by atoms with Crippen LogP contribution in [0.25, 0.3) is 0 Å². The second kappa shape index (κ2) is 5.28. The molecule has 17 heavy (non-hydrogen) atoms. The Balaban J connectivity index is 2.52. The van der Waals surface area contributed by atoms with E-state index >= 15 is 0 Å². The molecule has 0 aromatic carbocycles. The molecule has 0 atom stereocenters. The van der Waals surface area contributed by atoms with Crippen molar-refractivity contribution in [1.82, 2.24) is 9.80 Å². The minimum absolute atomic E-state index is 0.0521. The standard InChI is InChI=1S/C9H12N2O6/c12-6-5-10(3-1-7(13)14)9(17)11(6)4-2-8(15)16/h1-5H2,(H,13,14)(H,15,16). The number of aliphatic carboxylic acids is 2. The number of carboxylic acids is 2. The van der Waals surface area contributed by atoms with Gasteiger partial charge in [0.15, 0.2) is 0 Å². The van der Waals surface area contributed by atoms with Gasteiger partial charge in [-0.3, -0.25) is 19.3 Å². The zero-order valence-corrected chi connectivity index (χ0v) is 8.96. The lowest BCUT2D eigenvalue weighted by Crippen LogP contribution is -2.35. The van der Waals surface area contributed by atoms with Crippen LogP contribution in [0.5, 0.6) is 0 Å². The Kier molecular flexibility index (Phi) is 4.02. The van der Waals surface area contributed by atoms with E-state index in [1.54, 1.807) is 0 Å². The minimum atomic E-state index is -1.10. The fourth-order valence-electron chi connectivity index (χ4n) is 1.43. The molecule has 0 aliphatic carbocycles. The highest BCUT2D eigenvalue weighted by Crippen LogP contribution is 2.11. The Bertz CT molecular complexity index is 366. The monoisotopic (exact) mass is 244 g/mol. The van der Waals surface area contributed by atoms with Crippen molar-refractivity contribution >= 4 is 23.9 Å². The SMILES string of the molecule is O=C(O)CCN1CC(=O)N(CCC(=O)O)C1=O. The maximum Gasteiger partial charge on any atom is 0.327 e. The maximum atomic E-state index is 11.6. The van der Waals surface area contributed by atoms with E-state index in [0.717, 1.165) is 9.80 Å². The van der Waals surface area contributed by atoms with Crippen molar-refractivity contribution in [2.24, 2.45) is 0 Å². The zero-order valence-electron chi connectivity index (χ0n) is 8.96.